The molecule has 0 saturated heterocycles. The summed E-state index contributed by atoms with van der Waals surface area (Å²) in [6, 6.07) is 6.29. The predicted octanol–water partition coefficient (Wildman–Crippen LogP) is 3.46. The molecule has 0 aromatic heterocycles. The van der Waals surface area contributed by atoms with Gasteiger partial charge in [-0.15, -0.1) is 0 Å². The van der Waals surface area contributed by atoms with Crippen molar-refractivity contribution in [3.63, 3.8) is 0 Å². The fourth-order valence-corrected chi connectivity index (χ4v) is 2.10. The first kappa shape index (κ1) is 8.12. The molecule has 0 N–H and O–H groups in total. The Hall–Kier alpha value is -0.490. The van der Waals surface area contributed by atoms with Gasteiger partial charge in [-0.25, -0.2) is 0 Å². The number of hydrogen-bond donors (Lipinski definition) is 0. The molecule has 64 valence electrons. The van der Waals surface area contributed by atoms with Gasteiger partial charge in [0.05, 0.1) is 0 Å². The van der Waals surface area contributed by atoms with E-state index in [0.717, 1.165) is 10.9 Å². The maximum Gasteiger partial charge on any atom is 0.0408 e. The molecule has 0 radical (unpaired) electrons. The first-order chi connectivity index (χ1) is 5.75. The normalized spacial score (nSPS) is 22.0. The van der Waals surface area contributed by atoms with E-state index in [1.54, 1.807) is 0 Å². The molecule has 12 heavy (non-hydrogen) atoms. The summed E-state index contributed by atoms with van der Waals surface area (Å²) in [5.41, 5.74) is 2.96. The van der Waals surface area contributed by atoms with Crippen LogP contribution in [0.2, 0.25) is 5.02 Å². The predicted molar refractivity (Wildman–Crippen MR) is 52.6 cm³/mol. The molecule has 0 amide bonds. The third-order valence-corrected chi connectivity index (χ3v) is 2.88. The van der Waals surface area contributed by atoms with Gasteiger partial charge in [0.15, 0.2) is 0 Å². The van der Waals surface area contributed by atoms with Crippen LogP contribution in [0.4, 0.5) is 0 Å². The zero-order chi connectivity index (χ0) is 8.55. The molecule has 1 aliphatic rings. The molecule has 0 bridgehead atoms. The molecule has 0 heterocycles. The number of rotatable bonds is 0. The van der Waals surface area contributed by atoms with Gasteiger partial charge in [-0.1, -0.05) is 24.6 Å². The van der Waals surface area contributed by atoms with Gasteiger partial charge >= 0.3 is 0 Å². The standard InChI is InChI=1S/C11H13Cl/c1-8-2-3-10-7-11(12)5-4-9(10)6-8/h4-5,7-8H,2-3,6H2,1H3. The summed E-state index contributed by atoms with van der Waals surface area (Å²) in [5, 5.41) is 0.878. The highest BCUT2D eigenvalue weighted by molar-refractivity contribution is 6.30. The minimum Gasteiger partial charge on any atom is -0.0843 e. The monoisotopic (exact) mass is 180 g/mol. The van der Waals surface area contributed by atoms with Gasteiger partial charge in [-0.2, -0.15) is 0 Å². The molecule has 0 fully saturated rings. The summed E-state index contributed by atoms with van der Waals surface area (Å²) in [7, 11) is 0. The summed E-state index contributed by atoms with van der Waals surface area (Å²) in [5.74, 6) is 0.846. The molecule has 1 heteroatoms. The van der Waals surface area contributed by atoms with Crippen LogP contribution in [0, 0.1) is 5.92 Å². The SMILES string of the molecule is CC1CCc2cc(Cl)ccc2C1. The Kier molecular flexibility index (Phi) is 2.10. The van der Waals surface area contributed by atoms with Crippen molar-refractivity contribution in [3.05, 3.63) is 34.3 Å². The third kappa shape index (κ3) is 1.49. The van der Waals surface area contributed by atoms with E-state index >= 15 is 0 Å². The Morgan fingerprint density at radius 1 is 1.33 bits per heavy atom. The zero-order valence-electron chi connectivity index (χ0n) is 7.31. The number of fused-ring (bicyclic) bond motifs is 1. The molecule has 1 atom stereocenters. The molecule has 1 unspecified atom stereocenters. The fraction of sp³-hybridized carbons (Fsp3) is 0.455. The van der Waals surface area contributed by atoms with Gasteiger partial charge < -0.3 is 0 Å². The topological polar surface area (TPSA) is 0 Å². The number of benzene rings is 1. The fourth-order valence-electron chi connectivity index (χ4n) is 1.91. The van der Waals surface area contributed by atoms with Crippen molar-refractivity contribution >= 4 is 11.6 Å². The van der Waals surface area contributed by atoms with Crippen LogP contribution in [0.5, 0.6) is 0 Å². The molecule has 0 aliphatic heterocycles. The van der Waals surface area contributed by atoms with Gasteiger partial charge in [-0.3, -0.25) is 0 Å². The molecule has 2 rings (SSSR count). The van der Waals surface area contributed by atoms with Crippen LogP contribution in [0.1, 0.15) is 24.5 Å². The van der Waals surface area contributed by atoms with Crippen LogP contribution in [-0.2, 0) is 12.8 Å². The molecule has 0 spiro atoms. The zero-order valence-corrected chi connectivity index (χ0v) is 8.06. The van der Waals surface area contributed by atoms with Crippen molar-refractivity contribution in [1.82, 2.24) is 0 Å². The van der Waals surface area contributed by atoms with Crippen molar-refractivity contribution in [2.45, 2.75) is 26.2 Å². The lowest BCUT2D eigenvalue weighted by molar-refractivity contribution is 0.501. The van der Waals surface area contributed by atoms with Crippen molar-refractivity contribution < 1.29 is 0 Å². The molecular formula is C11H13Cl. The highest BCUT2D eigenvalue weighted by Gasteiger charge is 2.14. The first-order valence-corrected chi connectivity index (χ1v) is 4.91. The Morgan fingerprint density at radius 3 is 3.00 bits per heavy atom. The van der Waals surface area contributed by atoms with E-state index in [-0.39, 0.29) is 0 Å². The van der Waals surface area contributed by atoms with Crippen molar-refractivity contribution in [1.29, 1.82) is 0 Å². The minimum absolute atomic E-state index is 0.846. The van der Waals surface area contributed by atoms with E-state index in [2.05, 4.69) is 19.1 Å². The van der Waals surface area contributed by atoms with Crippen LogP contribution in [-0.4, -0.2) is 0 Å². The Morgan fingerprint density at radius 2 is 2.17 bits per heavy atom. The van der Waals surface area contributed by atoms with Crippen LogP contribution in [0.3, 0.4) is 0 Å². The van der Waals surface area contributed by atoms with Crippen LogP contribution >= 0.6 is 11.6 Å². The number of aryl methyl sites for hydroxylation is 1. The van der Waals surface area contributed by atoms with Crippen molar-refractivity contribution in [3.8, 4) is 0 Å². The lowest BCUT2D eigenvalue weighted by Crippen LogP contribution is -2.10. The van der Waals surface area contributed by atoms with E-state index in [9.17, 15) is 0 Å². The van der Waals surface area contributed by atoms with Crippen molar-refractivity contribution in [2.75, 3.05) is 0 Å². The largest absolute Gasteiger partial charge is 0.0843 e. The Labute approximate surface area is 78.6 Å². The molecule has 1 aliphatic carbocycles. The average Bonchev–Trinajstić information content (AvgIpc) is 2.05. The summed E-state index contributed by atoms with van der Waals surface area (Å²) >= 11 is 5.91. The first-order valence-electron chi connectivity index (χ1n) is 4.53. The van der Waals surface area contributed by atoms with Gasteiger partial charge in [0.25, 0.3) is 0 Å². The van der Waals surface area contributed by atoms with Gasteiger partial charge in [-0.05, 0) is 48.4 Å². The van der Waals surface area contributed by atoms with E-state index in [1.165, 1.54) is 30.4 Å². The van der Waals surface area contributed by atoms with Crippen LogP contribution in [0.25, 0.3) is 0 Å². The lowest BCUT2D eigenvalue weighted by atomic mass is 9.85. The van der Waals surface area contributed by atoms with Gasteiger partial charge in [0.2, 0.25) is 0 Å². The molecule has 0 saturated carbocycles. The number of halogens is 1. The van der Waals surface area contributed by atoms with Crippen molar-refractivity contribution in [2.24, 2.45) is 5.92 Å². The maximum atomic E-state index is 5.91. The molecule has 1 aromatic carbocycles. The molecule has 1 aromatic rings. The smallest absolute Gasteiger partial charge is 0.0408 e. The second kappa shape index (κ2) is 3.10. The summed E-state index contributed by atoms with van der Waals surface area (Å²) in [6.07, 6.45) is 3.75. The quantitative estimate of drug-likeness (QED) is 0.574. The molecular weight excluding hydrogens is 168 g/mol. The summed E-state index contributed by atoms with van der Waals surface area (Å²) in [4.78, 5) is 0. The Bertz CT molecular complexity index is 291. The van der Waals surface area contributed by atoms with E-state index in [0.29, 0.717) is 0 Å². The van der Waals surface area contributed by atoms with E-state index in [4.69, 9.17) is 11.6 Å². The minimum atomic E-state index is 0.846. The summed E-state index contributed by atoms with van der Waals surface area (Å²) in [6.45, 7) is 2.32. The van der Waals surface area contributed by atoms with Gasteiger partial charge in [0.1, 0.15) is 0 Å². The third-order valence-electron chi connectivity index (χ3n) is 2.64. The maximum absolute atomic E-state index is 5.91. The highest BCUT2D eigenvalue weighted by atomic mass is 35.5. The lowest BCUT2D eigenvalue weighted by Gasteiger charge is -2.21. The molecule has 0 nitrogen and oxygen atoms in total. The second-order valence-corrected chi connectivity index (χ2v) is 4.20. The second-order valence-electron chi connectivity index (χ2n) is 3.76. The van der Waals surface area contributed by atoms with Crippen LogP contribution < -0.4 is 0 Å². The van der Waals surface area contributed by atoms with Gasteiger partial charge in [0, 0.05) is 5.02 Å². The Balaban J connectivity index is 2.37. The van der Waals surface area contributed by atoms with E-state index < -0.39 is 0 Å². The average molecular weight is 181 g/mol. The number of hydrogen-bond acceptors (Lipinski definition) is 0. The van der Waals surface area contributed by atoms with Crippen LogP contribution in [0.15, 0.2) is 18.2 Å². The summed E-state index contributed by atoms with van der Waals surface area (Å²) < 4.78 is 0. The van der Waals surface area contributed by atoms with E-state index in [1.807, 2.05) is 6.07 Å². The highest BCUT2D eigenvalue weighted by Crippen LogP contribution is 2.27.